The van der Waals surface area contributed by atoms with Crippen molar-refractivity contribution in [1.29, 1.82) is 0 Å². The number of carbonyl (C=O) groups is 2. The summed E-state index contributed by atoms with van der Waals surface area (Å²) < 4.78 is 0. The van der Waals surface area contributed by atoms with Crippen molar-refractivity contribution in [1.82, 2.24) is 5.32 Å². The summed E-state index contributed by atoms with van der Waals surface area (Å²) in [6, 6.07) is 0. The Morgan fingerprint density at radius 2 is 2.30 bits per heavy atom. The van der Waals surface area contributed by atoms with Gasteiger partial charge in [0.25, 0.3) is 0 Å². The van der Waals surface area contributed by atoms with Crippen molar-refractivity contribution in [2.24, 2.45) is 0 Å². The Kier molecular flexibility index (Phi) is 1.85. The van der Waals surface area contributed by atoms with Crippen LogP contribution >= 0.6 is 0 Å². The van der Waals surface area contributed by atoms with Crippen molar-refractivity contribution in [2.45, 2.75) is 19.8 Å². The Balaban J connectivity index is 2.50. The molecule has 0 fully saturated rings. The largest absolute Gasteiger partial charge is 0.330 e. The molecule has 0 aromatic heterocycles. The maximum atomic E-state index is 10.6. The minimum atomic E-state index is -0.110. The van der Waals surface area contributed by atoms with Crippen LogP contribution in [0.2, 0.25) is 0 Å². The average molecular weight is 139 g/mol. The minimum absolute atomic E-state index is 0.101. The lowest BCUT2D eigenvalue weighted by molar-refractivity contribution is -0.118. The van der Waals surface area contributed by atoms with E-state index in [4.69, 9.17) is 0 Å². The van der Waals surface area contributed by atoms with Gasteiger partial charge in [-0.25, -0.2) is 0 Å². The van der Waals surface area contributed by atoms with Gasteiger partial charge in [-0.2, -0.15) is 0 Å². The molecule has 0 aromatic rings. The summed E-state index contributed by atoms with van der Waals surface area (Å²) in [6.07, 6.45) is 2.70. The lowest BCUT2D eigenvalue weighted by atomic mass is 10.3. The molecule has 0 bridgehead atoms. The third-order valence-electron chi connectivity index (χ3n) is 1.31. The summed E-state index contributed by atoms with van der Waals surface area (Å²) in [5.74, 6) is -0.00954. The van der Waals surface area contributed by atoms with Gasteiger partial charge in [-0.05, 0) is 6.42 Å². The number of rotatable bonds is 1. The molecule has 0 saturated heterocycles. The van der Waals surface area contributed by atoms with E-state index in [1.54, 1.807) is 0 Å². The van der Waals surface area contributed by atoms with Crippen LogP contribution < -0.4 is 5.32 Å². The zero-order valence-electron chi connectivity index (χ0n) is 5.81. The van der Waals surface area contributed by atoms with Gasteiger partial charge in [-0.1, -0.05) is 0 Å². The number of amides is 1. The summed E-state index contributed by atoms with van der Waals surface area (Å²) >= 11 is 0. The third-order valence-corrected chi connectivity index (χ3v) is 1.31. The van der Waals surface area contributed by atoms with Crippen molar-refractivity contribution >= 4 is 11.7 Å². The van der Waals surface area contributed by atoms with E-state index < -0.39 is 0 Å². The summed E-state index contributed by atoms with van der Waals surface area (Å²) in [4.78, 5) is 21.1. The highest BCUT2D eigenvalue weighted by Crippen LogP contribution is 2.10. The van der Waals surface area contributed by atoms with E-state index in [0.29, 0.717) is 12.8 Å². The van der Waals surface area contributed by atoms with Gasteiger partial charge in [-0.3, -0.25) is 9.59 Å². The minimum Gasteiger partial charge on any atom is -0.330 e. The van der Waals surface area contributed by atoms with E-state index in [0.717, 1.165) is 5.70 Å². The Morgan fingerprint density at radius 1 is 1.60 bits per heavy atom. The van der Waals surface area contributed by atoms with Crippen molar-refractivity contribution < 1.29 is 9.59 Å². The van der Waals surface area contributed by atoms with Crippen molar-refractivity contribution in [2.75, 3.05) is 0 Å². The fourth-order valence-electron chi connectivity index (χ4n) is 0.921. The molecule has 0 saturated carbocycles. The van der Waals surface area contributed by atoms with Crippen LogP contribution in [-0.2, 0) is 9.59 Å². The first-order valence-electron chi connectivity index (χ1n) is 3.19. The fraction of sp³-hybridized carbons (Fsp3) is 0.429. The predicted octanol–water partition coefficient (Wildman–Crippen LogP) is 0.369. The highest BCUT2D eigenvalue weighted by atomic mass is 16.1. The second kappa shape index (κ2) is 2.64. The lowest BCUT2D eigenvalue weighted by Gasteiger charge is -1.98. The average Bonchev–Trinajstić information content (AvgIpc) is 2.13. The van der Waals surface area contributed by atoms with E-state index in [1.165, 1.54) is 13.0 Å². The molecule has 1 aliphatic carbocycles. The molecule has 0 atom stereocenters. The number of nitrogens with one attached hydrogen (secondary N) is 1. The molecule has 10 heavy (non-hydrogen) atoms. The highest BCUT2D eigenvalue weighted by molar-refractivity contribution is 5.93. The smallest absolute Gasteiger partial charge is 0.220 e. The highest BCUT2D eigenvalue weighted by Gasteiger charge is 2.11. The number of carbonyl (C=O) groups excluding carboxylic acids is 2. The van der Waals surface area contributed by atoms with Crippen LogP contribution in [0.3, 0.4) is 0 Å². The lowest BCUT2D eigenvalue weighted by Crippen LogP contribution is -2.17. The topological polar surface area (TPSA) is 46.2 Å². The Morgan fingerprint density at radius 3 is 2.70 bits per heavy atom. The molecule has 0 aliphatic heterocycles. The van der Waals surface area contributed by atoms with Gasteiger partial charge in [0.05, 0.1) is 0 Å². The second-order valence-electron chi connectivity index (χ2n) is 2.32. The van der Waals surface area contributed by atoms with Crippen molar-refractivity contribution in [3.05, 3.63) is 11.8 Å². The summed E-state index contributed by atoms with van der Waals surface area (Å²) in [7, 11) is 0. The Labute approximate surface area is 59.1 Å². The molecule has 1 aliphatic rings. The van der Waals surface area contributed by atoms with Gasteiger partial charge in [0, 0.05) is 25.1 Å². The normalized spacial score (nSPS) is 16.9. The van der Waals surface area contributed by atoms with Gasteiger partial charge in [0.1, 0.15) is 0 Å². The van der Waals surface area contributed by atoms with Gasteiger partial charge in [0.15, 0.2) is 5.78 Å². The molecule has 1 amide bonds. The van der Waals surface area contributed by atoms with Crippen LogP contribution in [0.4, 0.5) is 0 Å². The zero-order valence-corrected chi connectivity index (χ0v) is 5.81. The van der Waals surface area contributed by atoms with E-state index >= 15 is 0 Å². The molecule has 3 heteroatoms. The predicted molar refractivity (Wildman–Crippen MR) is 36.1 cm³/mol. The molecule has 54 valence electrons. The maximum absolute atomic E-state index is 10.6. The number of ketones is 1. The van der Waals surface area contributed by atoms with Crippen LogP contribution in [0.5, 0.6) is 0 Å². The van der Waals surface area contributed by atoms with E-state index in [2.05, 4.69) is 5.32 Å². The van der Waals surface area contributed by atoms with E-state index in [9.17, 15) is 9.59 Å². The van der Waals surface area contributed by atoms with E-state index in [-0.39, 0.29) is 11.7 Å². The van der Waals surface area contributed by atoms with Gasteiger partial charge < -0.3 is 5.32 Å². The molecule has 0 heterocycles. The molecule has 1 rings (SSSR count). The van der Waals surface area contributed by atoms with Gasteiger partial charge in [-0.15, -0.1) is 0 Å². The summed E-state index contributed by atoms with van der Waals surface area (Å²) in [5, 5.41) is 2.57. The van der Waals surface area contributed by atoms with Crippen LogP contribution in [0.15, 0.2) is 11.8 Å². The van der Waals surface area contributed by atoms with Crippen molar-refractivity contribution in [3.8, 4) is 0 Å². The molecule has 0 spiro atoms. The zero-order chi connectivity index (χ0) is 7.56. The molecule has 0 radical (unpaired) electrons. The third kappa shape index (κ3) is 1.69. The van der Waals surface area contributed by atoms with E-state index in [1.807, 2.05) is 0 Å². The van der Waals surface area contributed by atoms with Crippen LogP contribution in [0, 0.1) is 0 Å². The Hall–Kier alpha value is -1.12. The standard InChI is InChI=1S/C7H9NO2/c1-5(9)8-6-2-3-7(10)4-6/h4H,2-3H2,1H3,(H,8,9). The molecule has 0 aromatic carbocycles. The Bertz CT molecular complexity index is 206. The monoisotopic (exact) mass is 139 g/mol. The number of hydrogen-bond donors (Lipinski definition) is 1. The molecular formula is C7H9NO2. The maximum Gasteiger partial charge on any atom is 0.220 e. The van der Waals surface area contributed by atoms with Crippen LogP contribution in [0.1, 0.15) is 19.8 Å². The van der Waals surface area contributed by atoms with Crippen molar-refractivity contribution in [3.63, 3.8) is 0 Å². The van der Waals surface area contributed by atoms with Gasteiger partial charge in [0.2, 0.25) is 5.91 Å². The first-order valence-corrected chi connectivity index (χ1v) is 3.19. The molecular weight excluding hydrogens is 130 g/mol. The fourth-order valence-corrected chi connectivity index (χ4v) is 0.921. The van der Waals surface area contributed by atoms with Gasteiger partial charge >= 0.3 is 0 Å². The second-order valence-corrected chi connectivity index (χ2v) is 2.32. The molecule has 3 nitrogen and oxygen atoms in total. The van der Waals surface area contributed by atoms with Crippen LogP contribution in [-0.4, -0.2) is 11.7 Å². The summed E-state index contributed by atoms with van der Waals surface area (Å²) in [5.41, 5.74) is 0.748. The number of allylic oxidation sites excluding steroid dienone is 2. The van der Waals surface area contributed by atoms with Crippen LogP contribution in [0.25, 0.3) is 0 Å². The SMILES string of the molecule is CC(=O)NC1=CC(=O)CC1. The molecule has 1 N–H and O–H groups in total. The number of hydrogen-bond acceptors (Lipinski definition) is 2. The first-order chi connectivity index (χ1) is 4.68. The first kappa shape index (κ1) is 6.99. The summed E-state index contributed by atoms with van der Waals surface area (Å²) in [6.45, 7) is 1.43. The quantitative estimate of drug-likeness (QED) is 0.570. The molecule has 0 unspecified atom stereocenters.